The van der Waals surface area contributed by atoms with E-state index >= 15 is 0 Å². The molecule has 0 saturated heterocycles. The molecule has 0 aliphatic carbocycles. The van der Waals surface area contributed by atoms with Crippen molar-refractivity contribution in [1.29, 1.82) is 0 Å². The molecule has 0 aliphatic heterocycles. The normalized spacial score (nSPS) is 12.3. The molecule has 1 unspecified atom stereocenters. The summed E-state index contributed by atoms with van der Waals surface area (Å²) in [6.07, 6.45) is -5.66. The molecule has 0 aromatic heterocycles. The number of hydrogen-bond acceptors (Lipinski definition) is 4. The van der Waals surface area contributed by atoms with Crippen LogP contribution in [0.4, 0.5) is 13.2 Å². The molecule has 0 bridgehead atoms. The summed E-state index contributed by atoms with van der Waals surface area (Å²) < 4.78 is 53.8. The first-order valence-corrected chi connectivity index (χ1v) is 7.59. The third-order valence-electron chi connectivity index (χ3n) is 3.10. The first-order chi connectivity index (χ1) is 11.9. The fraction of sp³-hybridized carbons (Fsp3) is 0.278. The van der Waals surface area contributed by atoms with Gasteiger partial charge in [0.05, 0.1) is 12.2 Å². The van der Waals surface area contributed by atoms with Crippen LogP contribution >= 0.6 is 0 Å². The minimum atomic E-state index is -4.43. The van der Waals surface area contributed by atoms with Gasteiger partial charge in [0.2, 0.25) is 0 Å². The predicted octanol–water partition coefficient (Wildman–Crippen LogP) is 4.44. The predicted molar refractivity (Wildman–Crippen MR) is 84.2 cm³/mol. The van der Waals surface area contributed by atoms with Crippen LogP contribution in [0, 0.1) is 0 Å². The molecule has 2 aromatic rings. The molecule has 1 atom stereocenters. The van der Waals surface area contributed by atoms with E-state index in [1.165, 1.54) is 12.1 Å². The number of esters is 1. The first kappa shape index (κ1) is 18.6. The second-order valence-electron chi connectivity index (χ2n) is 5.01. The number of para-hydroxylation sites is 1. The van der Waals surface area contributed by atoms with Crippen molar-refractivity contribution in [2.45, 2.75) is 25.8 Å². The van der Waals surface area contributed by atoms with E-state index in [9.17, 15) is 18.0 Å². The molecule has 2 rings (SSSR count). The molecule has 0 N–H and O–H groups in total. The van der Waals surface area contributed by atoms with Gasteiger partial charge in [-0.25, -0.2) is 0 Å². The summed E-state index contributed by atoms with van der Waals surface area (Å²) in [5.41, 5.74) is -0.786. The van der Waals surface area contributed by atoms with E-state index in [4.69, 9.17) is 14.2 Å². The SMILES string of the molecule is CCOC(=O)CC(Oc1ccccc1)Oc1ccc(C(F)(F)F)cc1. The van der Waals surface area contributed by atoms with Gasteiger partial charge in [-0.15, -0.1) is 0 Å². The lowest BCUT2D eigenvalue weighted by Crippen LogP contribution is -2.28. The molecular formula is C18H17F3O4. The third kappa shape index (κ3) is 6.02. The molecule has 0 spiro atoms. The van der Waals surface area contributed by atoms with E-state index in [0.717, 1.165) is 12.1 Å². The average Bonchev–Trinajstić information content (AvgIpc) is 2.55. The van der Waals surface area contributed by atoms with E-state index in [1.54, 1.807) is 37.3 Å². The molecule has 0 radical (unpaired) electrons. The number of benzene rings is 2. The Morgan fingerprint density at radius 3 is 2.04 bits per heavy atom. The van der Waals surface area contributed by atoms with Gasteiger partial charge in [0.15, 0.2) is 0 Å². The summed E-state index contributed by atoms with van der Waals surface area (Å²) in [7, 11) is 0. The van der Waals surface area contributed by atoms with Crippen LogP contribution in [0.3, 0.4) is 0 Å². The van der Waals surface area contributed by atoms with Gasteiger partial charge in [-0.2, -0.15) is 13.2 Å². The molecule has 0 fully saturated rings. The summed E-state index contributed by atoms with van der Waals surface area (Å²) in [6, 6.07) is 12.8. The van der Waals surface area contributed by atoms with Crippen molar-refractivity contribution >= 4 is 5.97 Å². The fourth-order valence-corrected chi connectivity index (χ4v) is 1.99. The first-order valence-electron chi connectivity index (χ1n) is 7.59. The van der Waals surface area contributed by atoms with Gasteiger partial charge in [-0.3, -0.25) is 4.79 Å². The van der Waals surface area contributed by atoms with E-state index in [2.05, 4.69) is 0 Å². The van der Waals surface area contributed by atoms with Crippen LogP contribution in [0.5, 0.6) is 11.5 Å². The van der Waals surface area contributed by atoms with Gasteiger partial charge < -0.3 is 14.2 Å². The highest BCUT2D eigenvalue weighted by Crippen LogP contribution is 2.30. The fourth-order valence-electron chi connectivity index (χ4n) is 1.99. The molecule has 25 heavy (non-hydrogen) atoms. The third-order valence-corrected chi connectivity index (χ3v) is 3.10. The van der Waals surface area contributed by atoms with Crippen molar-refractivity contribution in [3.05, 3.63) is 60.2 Å². The summed E-state index contributed by atoms with van der Waals surface area (Å²) in [5.74, 6) is 0.0808. The summed E-state index contributed by atoms with van der Waals surface area (Å²) in [5, 5.41) is 0. The van der Waals surface area contributed by atoms with Crippen molar-refractivity contribution in [3.63, 3.8) is 0 Å². The van der Waals surface area contributed by atoms with Gasteiger partial charge in [-0.1, -0.05) is 18.2 Å². The second-order valence-corrected chi connectivity index (χ2v) is 5.01. The molecule has 2 aromatic carbocycles. The largest absolute Gasteiger partial charge is 0.466 e. The van der Waals surface area contributed by atoms with Gasteiger partial charge in [0, 0.05) is 0 Å². The molecular weight excluding hydrogens is 337 g/mol. The molecule has 0 aliphatic rings. The lowest BCUT2D eigenvalue weighted by Gasteiger charge is -2.20. The maximum atomic E-state index is 12.6. The maximum Gasteiger partial charge on any atom is 0.416 e. The number of carbonyl (C=O) groups is 1. The topological polar surface area (TPSA) is 44.8 Å². The molecule has 0 heterocycles. The monoisotopic (exact) mass is 354 g/mol. The van der Waals surface area contributed by atoms with Crippen molar-refractivity contribution in [1.82, 2.24) is 0 Å². The lowest BCUT2D eigenvalue weighted by molar-refractivity contribution is -0.148. The van der Waals surface area contributed by atoms with Crippen LogP contribution in [-0.2, 0) is 15.7 Å². The van der Waals surface area contributed by atoms with Gasteiger partial charge >= 0.3 is 12.1 Å². The summed E-state index contributed by atoms with van der Waals surface area (Å²) >= 11 is 0. The Balaban J connectivity index is 2.10. The number of rotatable bonds is 7. The molecule has 7 heteroatoms. The van der Waals surface area contributed by atoms with E-state index in [-0.39, 0.29) is 18.8 Å². The quantitative estimate of drug-likeness (QED) is 0.545. The molecule has 0 saturated carbocycles. The van der Waals surface area contributed by atoms with E-state index in [0.29, 0.717) is 5.75 Å². The minimum Gasteiger partial charge on any atom is -0.466 e. The average molecular weight is 354 g/mol. The minimum absolute atomic E-state index is 0.151. The smallest absolute Gasteiger partial charge is 0.416 e. The Kier molecular flexibility index (Phi) is 6.27. The van der Waals surface area contributed by atoms with Crippen LogP contribution < -0.4 is 9.47 Å². The highest BCUT2D eigenvalue weighted by molar-refractivity contribution is 5.69. The van der Waals surface area contributed by atoms with Crippen LogP contribution in [0.2, 0.25) is 0 Å². The van der Waals surface area contributed by atoms with Crippen LogP contribution in [0.15, 0.2) is 54.6 Å². The van der Waals surface area contributed by atoms with Crippen molar-refractivity contribution in [2.24, 2.45) is 0 Å². The molecule has 0 amide bonds. The van der Waals surface area contributed by atoms with Gasteiger partial charge in [0.25, 0.3) is 6.29 Å². The van der Waals surface area contributed by atoms with Crippen molar-refractivity contribution in [2.75, 3.05) is 6.61 Å². The standard InChI is InChI=1S/C18H17F3O4/c1-2-23-16(22)12-17(24-14-6-4-3-5-7-14)25-15-10-8-13(9-11-15)18(19,20)21/h3-11,17H,2,12H2,1H3. The molecule has 134 valence electrons. The summed E-state index contributed by atoms with van der Waals surface area (Å²) in [6.45, 7) is 1.87. The second kappa shape index (κ2) is 8.41. The van der Waals surface area contributed by atoms with Crippen LogP contribution in [0.25, 0.3) is 0 Å². The number of hydrogen-bond donors (Lipinski definition) is 0. The van der Waals surface area contributed by atoms with Crippen LogP contribution in [0.1, 0.15) is 18.9 Å². The Bertz CT molecular complexity index is 669. The Morgan fingerprint density at radius 2 is 1.52 bits per heavy atom. The zero-order chi connectivity index (χ0) is 18.3. The lowest BCUT2D eigenvalue weighted by atomic mass is 10.2. The number of halogens is 3. The molecule has 4 nitrogen and oxygen atoms in total. The Hall–Kier alpha value is -2.70. The number of ether oxygens (including phenoxy) is 3. The van der Waals surface area contributed by atoms with Gasteiger partial charge in [-0.05, 0) is 43.3 Å². The van der Waals surface area contributed by atoms with Gasteiger partial charge in [0.1, 0.15) is 17.9 Å². The number of alkyl halides is 3. The van der Waals surface area contributed by atoms with Crippen LogP contribution in [-0.4, -0.2) is 18.9 Å². The van der Waals surface area contributed by atoms with E-state index < -0.39 is 24.0 Å². The zero-order valence-electron chi connectivity index (χ0n) is 13.5. The number of carbonyl (C=O) groups excluding carboxylic acids is 1. The highest BCUT2D eigenvalue weighted by atomic mass is 19.4. The maximum absolute atomic E-state index is 12.6. The van der Waals surface area contributed by atoms with Crippen molar-refractivity contribution in [3.8, 4) is 11.5 Å². The Labute approximate surface area is 143 Å². The van der Waals surface area contributed by atoms with E-state index in [1.807, 2.05) is 0 Å². The Morgan fingerprint density at radius 1 is 0.960 bits per heavy atom. The zero-order valence-corrected chi connectivity index (χ0v) is 13.5. The highest BCUT2D eigenvalue weighted by Gasteiger charge is 2.30. The summed E-state index contributed by atoms with van der Waals surface area (Å²) in [4.78, 5) is 11.7. The van der Waals surface area contributed by atoms with Crippen molar-refractivity contribution < 1.29 is 32.2 Å².